The van der Waals surface area contributed by atoms with Crippen molar-refractivity contribution in [2.75, 3.05) is 0 Å². The summed E-state index contributed by atoms with van der Waals surface area (Å²) >= 11 is 0. The Kier molecular flexibility index (Phi) is 2.25. The zero-order valence-electron chi connectivity index (χ0n) is 8.75. The number of aromatic hydroxyl groups is 1. The minimum atomic E-state index is -1.25. The topological polar surface area (TPSA) is 37.3 Å². The summed E-state index contributed by atoms with van der Waals surface area (Å²) in [5.74, 6) is -0.00361. The van der Waals surface area contributed by atoms with E-state index in [1.165, 1.54) is 6.07 Å². The fourth-order valence-electron chi connectivity index (χ4n) is 2.07. The van der Waals surface area contributed by atoms with Gasteiger partial charge in [-0.1, -0.05) is 13.8 Å². The lowest BCUT2D eigenvalue weighted by atomic mass is 9.94. The Morgan fingerprint density at radius 2 is 2.13 bits per heavy atom. The molecule has 1 unspecified atom stereocenters. The van der Waals surface area contributed by atoms with Crippen molar-refractivity contribution in [2.45, 2.75) is 32.4 Å². The number of hydrogen-bond acceptors (Lipinski definition) is 2. The Morgan fingerprint density at radius 1 is 1.47 bits per heavy atom. The van der Waals surface area contributed by atoms with Crippen LogP contribution < -0.4 is 0 Å². The molecule has 0 bridgehead atoms. The first kappa shape index (κ1) is 10.1. The van der Waals surface area contributed by atoms with Gasteiger partial charge in [-0.3, -0.25) is 4.79 Å². The van der Waals surface area contributed by atoms with Crippen molar-refractivity contribution in [3.63, 3.8) is 0 Å². The summed E-state index contributed by atoms with van der Waals surface area (Å²) in [6, 6.07) is 2.91. The van der Waals surface area contributed by atoms with Crippen LogP contribution in [0.5, 0.6) is 5.75 Å². The number of phenolic OH excluding ortho intramolecular Hbond substituents is 1. The van der Waals surface area contributed by atoms with Crippen LogP contribution in [0, 0.1) is 0 Å². The Bertz CT molecular complexity index is 424. The van der Waals surface area contributed by atoms with Crippen molar-refractivity contribution in [3.05, 3.63) is 28.8 Å². The molecule has 1 atom stereocenters. The van der Waals surface area contributed by atoms with E-state index in [9.17, 15) is 14.3 Å². The lowest BCUT2D eigenvalue weighted by Gasteiger charge is -2.11. The monoisotopic (exact) mass is 208 g/mol. The van der Waals surface area contributed by atoms with E-state index in [-0.39, 0.29) is 23.9 Å². The lowest BCUT2D eigenvalue weighted by Crippen LogP contribution is -2.00. The van der Waals surface area contributed by atoms with E-state index in [2.05, 4.69) is 0 Å². The van der Waals surface area contributed by atoms with Crippen molar-refractivity contribution < 1.29 is 14.3 Å². The highest BCUT2D eigenvalue weighted by Gasteiger charge is 2.32. The first-order valence-electron chi connectivity index (χ1n) is 5.04. The molecule has 2 rings (SSSR count). The maximum atomic E-state index is 13.5. The number of ketones is 1. The van der Waals surface area contributed by atoms with E-state index in [1.54, 1.807) is 6.07 Å². The third kappa shape index (κ3) is 1.52. The third-order valence-corrected chi connectivity index (χ3v) is 2.79. The Morgan fingerprint density at radius 3 is 2.73 bits per heavy atom. The molecule has 0 radical (unpaired) electrons. The van der Waals surface area contributed by atoms with E-state index < -0.39 is 6.17 Å². The maximum Gasteiger partial charge on any atom is 0.166 e. The summed E-state index contributed by atoms with van der Waals surface area (Å²) < 4.78 is 13.5. The molecule has 1 aliphatic rings. The van der Waals surface area contributed by atoms with E-state index in [0.29, 0.717) is 11.1 Å². The normalized spacial score (nSPS) is 19.7. The van der Waals surface area contributed by atoms with Crippen molar-refractivity contribution in [2.24, 2.45) is 0 Å². The molecule has 3 heteroatoms. The van der Waals surface area contributed by atoms with Crippen molar-refractivity contribution in [3.8, 4) is 5.75 Å². The fraction of sp³-hybridized carbons (Fsp3) is 0.417. The molecule has 0 amide bonds. The van der Waals surface area contributed by atoms with Gasteiger partial charge in [0.1, 0.15) is 11.9 Å². The van der Waals surface area contributed by atoms with Gasteiger partial charge in [0.2, 0.25) is 0 Å². The number of hydrogen-bond donors (Lipinski definition) is 1. The highest BCUT2D eigenvalue weighted by Crippen LogP contribution is 2.40. The number of carbonyl (C=O) groups excluding carboxylic acids is 1. The second kappa shape index (κ2) is 3.33. The summed E-state index contributed by atoms with van der Waals surface area (Å²) in [5.41, 5.74) is 1.58. The van der Waals surface area contributed by atoms with Gasteiger partial charge in [0.05, 0.1) is 0 Å². The molecule has 1 aliphatic carbocycles. The van der Waals surface area contributed by atoms with Crippen LogP contribution in [0.1, 0.15) is 53.8 Å². The van der Waals surface area contributed by atoms with Crippen LogP contribution >= 0.6 is 0 Å². The molecule has 0 aromatic heterocycles. The molecule has 0 saturated carbocycles. The number of rotatable bonds is 1. The van der Waals surface area contributed by atoms with Gasteiger partial charge >= 0.3 is 0 Å². The number of alkyl halides is 1. The quantitative estimate of drug-likeness (QED) is 0.769. The van der Waals surface area contributed by atoms with Gasteiger partial charge in [-0.05, 0) is 23.6 Å². The van der Waals surface area contributed by atoms with Crippen molar-refractivity contribution >= 4 is 5.78 Å². The first-order valence-corrected chi connectivity index (χ1v) is 5.04. The molecule has 15 heavy (non-hydrogen) atoms. The van der Waals surface area contributed by atoms with Crippen molar-refractivity contribution in [1.29, 1.82) is 0 Å². The van der Waals surface area contributed by atoms with Gasteiger partial charge in [-0.25, -0.2) is 4.39 Å². The largest absolute Gasteiger partial charge is 0.508 e. The summed E-state index contributed by atoms with van der Waals surface area (Å²) in [4.78, 5) is 11.6. The molecule has 2 nitrogen and oxygen atoms in total. The van der Waals surface area contributed by atoms with Crippen molar-refractivity contribution in [1.82, 2.24) is 0 Å². The van der Waals surface area contributed by atoms with Gasteiger partial charge in [0, 0.05) is 17.5 Å². The third-order valence-electron chi connectivity index (χ3n) is 2.79. The van der Waals surface area contributed by atoms with Crippen LogP contribution in [0.25, 0.3) is 0 Å². The first-order chi connectivity index (χ1) is 7.00. The SMILES string of the molecule is CC(C)c1cc(O)cc2c1C(=O)CC2F. The van der Waals surface area contributed by atoms with Gasteiger partial charge in [0.15, 0.2) is 5.78 Å². The molecule has 0 saturated heterocycles. The lowest BCUT2D eigenvalue weighted by molar-refractivity contribution is 0.0971. The molecule has 80 valence electrons. The average molecular weight is 208 g/mol. The minimum Gasteiger partial charge on any atom is -0.508 e. The molecule has 0 fully saturated rings. The number of phenols is 1. The Labute approximate surface area is 87.7 Å². The van der Waals surface area contributed by atoms with Crippen LogP contribution in [-0.4, -0.2) is 10.9 Å². The molecule has 1 aromatic carbocycles. The molecular formula is C12H13FO2. The summed E-state index contributed by atoms with van der Waals surface area (Å²) in [7, 11) is 0. The highest BCUT2D eigenvalue weighted by atomic mass is 19.1. The van der Waals surface area contributed by atoms with Crippen LogP contribution in [-0.2, 0) is 0 Å². The van der Waals surface area contributed by atoms with E-state index in [1.807, 2.05) is 13.8 Å². The van der Waals surface area contributed by atoms with E-state index in [4.69, 9.17) is 0 Å². The highest BCUT2D eigenvalue weighted by molar-refractivity contribution is 6.02. The van der Waals surface area contributed by atoms with Crippen LogP contribution in [0.4, 0.5) is 4.39 Å². The smallest absolute Gasteiger partial charge is 0.166 e. The van der Waals surface area contributed by atoms with Gasteiger partial charge in [-0.2, -0.15) is 0 Å². The molecule has 0 aliphatic heterocycles. The molecule has 0 spiro atoms. The van der Waals surface area contributed by atoms with E-state index in [0.717, 1.165) is 5.56 Å². The second-order valence-corrected chi connectivity index (χ2v) is 4.25. The molecule has 1 N–H and O–H groups in total. The fourth-order valence-corrected chi connectivity index (χ4v) is 2.07. The second-order valence-electron chi connectivity index (χ2n) is 4.25. The number of carbonyl (C=O) groups is 1. The summed E-state index contributed by atoms with van der Waals surface area (Å²) in [5, 5.41) is 9.45. The Balaban J connectivity index is 2.68. The maximum absolute atomic E-state index is 13.5. The van der Waals surface area contributed by atoms with Crippen LogP contribution in [0.3, 0.4) is 0 Å². The zero-order chi connectivity index (χ0) is 11.2. The molecule has 1 aromatic rings. The predicted octanol–water partition coefficient (Wildman–Crippen LogP) is 3.11. The number of Topliss-reactive ketones (excluding diaryl/α,β-unsaturated/α-hetero) is 1. The van der Waals surface area contributed by atoms with Gasteiger partial charge in [-0.15, -0.1) is 0 Å². The summed E-state index contributed by atoms with van der Waals surface area (Å²) in [6.07, 6.45) is -1.34. The van der Waals surface area contributed by atoms with Crippen LogP contribution in [0.2, 0.25) is 0 Å². The van der Waals surface area contributed by atoms with Gasteiger partial charge < -0.3 is 5.11 Å². The number of benzene rings is 1. The standard InChI is InChI=1S/C12H13FO2/c1-6(2)8-3-7(14)4-9-10(13)5-11(15)12(8)9/h3-4,6,10,14H,5H2,1-2H3. The minimum absolute atomic E-state index is 0.0369. The predicted molar refractivity (Wildman–Crippen MR) is 55.0 cm³/mol. The molecular weight excluding hydrogens is 195 g/mol. The average Bonchev–Trinajstić information content (AvgIpc) is 2.41. The van der Waals surface area contributed by atoms with Crippen LogP contribution in [0.15, 0.2) is 12.1 Å². The number of fused-ring (bicyclic) bond motifs is 1. The van der Waals surface area contributed by atoms with Gasteiger partial charge in [0.25, 0.3) is 0 Å². The molecule has 0 heterocycles. The Hall–Kier alpha value is -1.38. The van der Waals surface area contributed by atoms with E-state index >= 15 is 0 Å². The zero-order valence-corrected chi connectivity index (χ0v) is 8.75. The summed E-state index contributed by atoms with van der Waals surface area (Å²) in [6.45, 7) is 3.85. The number of halogens is 1.